The topological polar surface area (TPSA) is 75.2 Å². The van der Waals surface area contributed by atoms with Gasteiger partial charge in [-0.25, -0.2) is 0 Å². The maximum Gasteiger partial charge on any atom is 0.231 e. The summed E-state index contributed by atoms with van der Waals surface area (Å²) in [7, 11) is 0. The Morgan fingerprint density at radius 2 is 2.17 bits per heavy atom. The Labute approximate surface area is 144 Å². The molecule has 1 aliphatic heterocycles. The second kappa shape index (κ2) is 6.68. The number of aryl methyl sites for hydroxylation is 3. The summed E-state index contributed by atoms with van der Waals surface area (Å²) >= 11 is 1.37. The number of rotatable bonds is 4. The van der Waals surface area contributed by atoms with Gasteiger partial charge in [0, 0.05) is 18.7 Å². The van der Waals surface area contributed by atoms with Crippen LogP contribution in [0.5, 0.6) is 0 Å². The molecule has 0 spiro atoms. The summed E-state index contributed by atoms with van der Waals surface area (Å²) in [6.45, 7) is 6.36. The number of aromatic nitrogens is 2. The van der Waals surface area contributed by atoms with Crippen LogP contribution in [0.4, 0.5) is 10.8 Å². The number of carbonyl (C=O) groups is 2. The predicted molar refractivity (Wildman–Crippen MR) is 94.3 cm³/mol. The second-order valence-corrected chi connectivity index (χ2v) is 7.10. The molecule has 1 unspecified atom stereocenters. The summed E-state index contributed by atoms with van der Waals surface area (Å²) in [5, 5.41) is 12.1. The highest BCUT2D eigenvalue weighted by molar-refractivity contribution is 7.15. The van der Waals surface area contributed by atoms with Gasteiger partial charge in [0.15, 0.2) is 0 Å². The van der Waals surface area contributed by atoms with Gasteiger partial charge in [-0.1, -0.05) is 30.4 Å². The molecule has 3 rings (SSSR count). The van der Waals surface area contributed by atoms with Gasteiger partial charge in [0.1, 0.15) is 5.01 Å². The lowest BCUT2D eigenvalue weighted by atomic mass is 10.1. The first-order chi connectivity index (χ1) is 11.5. The number of amides is 2. The third kappa shape index (κ3) is 3.31. The van der Waals surface area contributed by atoms with E-state index >= 15 is 0 Å². The van der Waals surface area contributed by atoms with Gasteiger partial charge in [-0.05, 0) is 37.5 Å². The molecule has 0 bridgehead atoms. The Hall–Kier alpha value is -2.28. The summed E-state index contributed by atoms with van der Waals surface area (Å²) in [5.74, 6) is -0.559. The highest BCUT2D eigenvalue weighted by atomic mass is 32.1. The number of anilines is 2. The van der Waals surface area contributed by atoms with Crippen LogP contribution < -0.4 is 10.2 Å². The fourth-order valence-corrected chi connectivity index (χ4v) is 3.46. The van der Waals surface area contributed by atoms with Crippen LogP contribution in [0.2, 0.25) is 0 Å². The van der Waals surface area contributed by atoms with Crippen LogP contribution in [-0.4, -0.2) is 28.6 Å². The molecule has 2 amide bonds. The first-order valence-corrected chi connectivity index (χ1v) is 8.80. The minimum absolute atomic E-state index is 0.0182. The van der Waals surface area contributed by atoms with Crippen molar-refractivity contribution in [1.82, 2.24) is 10.2 Å². The minimum Gasteiger partial charge on any atom is -0.311 e. The highest BCUT2D eigenvalue weighted by Gasteiger charge is 2.36. The lowest BCUT2D eigenvalue weighted by Crippen LogP contribution is -2.28. The Morgan fingerprint density at radius 3 is 2.88 bits per heavy atom. The van der Waals surface area contributed by atoms with Gasteiger partial charge in [-0.3, -0.25) is 9.59 Å². The summed E-state index contributed by atoms with van der Waals surface area (Å²) in [6.07, 6.45) is 1.01. The van der Waals surface area contributed by atoms with E-state index in [0.717, 1.165) is 28.2 Å². The molecule has 0 saturated carbocycles. The number of hydrogen-bond donors (Lipinski definition) is 1. The summed E-state index contributed by atoms with van der Waals surface area (Å²) in [5.41, 5.74) is 3.02. The number of nitrogens with zero attached hydrogens (tertiary/aromatic N) is 3. The van der Waals surface area contributed by atoms with Gasteiger partial charge in [0.25, 0.3) is 0 Å². The van der Waals surface area contributed by atoms with E-state index in [-0.39, 0.29) is 24.2 Å². The van der Waals surface area contributed by atoms with Gasteiger partial charge in [-0.2, -0.15) is 0 Å². The molecule has 1 aromatic heterocycles. The molecule has 2 aromatic rings. The standard InChI is InChI=1S/C17H20N4O2S/c1-4-14-19-20-17(24-14)18-16(23)12-8-15(22)21(9-12)13-7-10(2)5-6-11(13)3/h5-7,12H,4,8-9H2,1-3H3,(H,18,20,23). The smallest absolute Gasteiger partial charge is 0.231 e. The summed E-state index contributed by atoms with van der Waals surface area (Å²) in [4.78, 5) is 26.5. The molecule has 1 aliphatic rings. The Balaban J connectivity index is 1.72. The lowest BCUT2D eigenvalue weighted by molar-refractivity contribution is -0.122. The molecule has 126 valence electrons. The van der Waals surface area contributed by atoms with Gasteiger partial charge in [0.2, 0.25) is 16.9 Å². The van der Waals surface area contributed by atoms with E-state index < -0.39 is 0 Å². The number of benzene rings is 1. The van der Waals surface area contributed by atoms with Gasteiger partial charge in [-0.15, -0.1) is 10.2 Å². The Morgan fingerprint density at radius 1 is 1.38 bits per heavy atom. The SMILES string of the molecule is CCc1nnc(NC(=O)C2CC(=O)N(c3cc(C)ccc3C)C2)s1. The van der Waals surface area contributed by atoms with Crippen molar-refractivity contribution in [2.24, 2.45) is 5.92 Å². The van der Waals surface area contributed by atoms with Gasteiger partial charge >= 0.3 is 0 Å². The van der Waals surface area contributed by atoms with Crippen molar-refractivity contribution in [3.8, 4) is 0 Å². The van der Waals surface area contributed by atoms with Crippen molar-refractivity contribution in [3.63, 3.8) is 0 Å². The molecule has 24 heavy (non-hydrogen) atoms. The van der Waals surface area contributed by atoms with Crippen molar-refractivity contribution in [2.75, 3.05) is 16.8 Å². The molecule has 1 fully saturated rings. The average molecular weight is 344 g/mol. The van der Waals surface area contributed by atoms with Crippen molar-refractivity contribution in [3.05, 3.63) is 34.3 Å². The predicted octanol–water partition coefficient (Wildman–Crippen LogP) is 2.71. The van der Waals surface area contributed by atoms with Crippen LogP contribution in [0.3, 0.4) is 0 Å². The molecule has 0 aliphatic carbocycles. The lowest BCUT2D eigenvalue weighted by Gasteiger charge is -2.19. The van der Waals surface area contributed by atoms with Crippen LogP contribution in [0.1, 0.15) is 29.5 Å². The molecule has 0 radical (unpaired) electrons. The fraction of sp³-hybridized carbons (Fsp3) is 0.412. The maximum absolute atomic E-state index is 12.4. The summed E-state index contributed by atoms with van der Waals surface area (Å²) < 4.78 is 0. The monoisotopic (exact) mass is 344 g/mol. The maximum atomic E-state index is 12.4. The van der Waals surface area contributed by atoms with Crippen LogP contribution >= 0.6 is 11.3 Å². The Bertz CT molecular complexity index is 787. The largest absolute Gasteiger partial charge is 0.311 e. The molecular weight excluding hydrogens is 324 g/mol. The van der Waals surface area contributed by atoms with Crippen molar-refractivity contribution >= 4 is 34.0 Å². The number of nitrogens with one attached hydrogen (secondary N) is 1. The van der Waals surface area contributed by atoms with Crippen LogP contribution in [-0.2, 0) is 16.0 Å². The summed E-state index contributed by atoms with van der Waals surface area (Å²) in [6, 6.07) is 6.01. The molecule has 1 saturated heterocycles. The van der Waals surface area contributed by atoms with E-state index in [0.29, 0.717) is 11.7 Å². The molecule has 6 nitrogen and oxygen atoms in total. The quantitative estimate of drug-likeness (QED) is 0.925. The normalized spacial score (nSPS) is 17.4. The first kappa shape index (κ1) is 16.6. The van der Waals surface area contributed by atoms with Crippen LogP contribution in [0.25, 0.3) is 0 Å². The van der Waals surface area contributed by atoms with Crippen molar-refractivity contribution < 1.29 is 9.59 Å². The third-order valence-corrected chi connectivity index (χ3v) is 5.13. The Kier molecular flexibility index (Phi) is 4.62. The molecule has 1 N–H and O–H groups in total. The molecule has 2 heterocycles. The zero-order chi connectivity index (χ0) is 17.3. The van der Waals surface area contributed by atoms with E-state index in [1.165, 1.54) is 11.3 Å². The minimum atomic E-state index is -0.369. The first-order valence-electron chi connectivity index (χ1n) is 7.98. The number of hydrogen-bond acceptors (Lipinski definition) is 5. The third-order valence-electron chi connectivity index (χ3n) is 4.15. The van der Waals surface area contributed by atoms with E-state index in [2.05, 4.69) is 15.5 Å². The van der Waals surface area contributed by atoms with Crippen LogP contribution in [0, 0.1) is 19.8 Å². The molecule has 1 atom stereocenters. The van der Waals surface area contributed by atoms with Gasteiger partial charge < -0.3 is 10.2 Å². The molecular formula is C17H20N4O2S. The zero-order valence-electron chi connectivity index (χ0n) is 14.0. The van der Waals surface area contributed by atoms with Crippen molar-refractivity contribution in [2.45, 2.75) is 33.6 Å². The highest BCUT2D eigenvalue weighted by Crippen LogP contribution is 2.29. The fourth-order valence-electron chi connectivity index (χ4n) is 2.78. The molecule has 7 heteroatoms. The van der Waals surface area contributed by atoms with E-state index in [1.54, 1.807) is 4.90 Å². The van der Waals surface area contributed by atoms with Gasteiger partial charge in [0.05, 0.1) is 5.92 Å². The van der Waals surface area contributed by atoms with Crippen LogP contribution in [0.15, 0.2) is 18.2 Å². The van der Waals surface area contributed by atoms with E-state index in [1.807, 2.05) is 39.0 Å². The molecule has 1 aromatic carbocycles. The zero-order valence-corrected chi connectivity index (χ0v) is 14.8. The van der Waals surface area contributed by atoms with E-state index in [9.17, 15) is 9.59 Å². The second-order valence-electron chi connectivity index (χ2n) is 6.04. The number of carbonyl (C=O) groups excluding carboxylic acids is 2. The van der Waals surface area contributed by atoms with Crippen molar-refractivity contribution in [1.29, 1.82) is 0 Å². The van der Waals surface area contributed by atoms with E-state index in [4.69, 9.17) is 0 Å². The average Bonchev–Trinajstić information content (AvgIpc) is 3.16.